The normalized spacial score (nSPS) is 28.7. The SMILES string of the molecule is CCC1CCC(C)N1c1cc2c(cc1Br)C(O)C(=O)N2. The number of nitrogens with one attached hydrogen (secondary N) is 1. The molecule has 2 heterocycles. The summed E-state index contributed by atoms with van der Waals surface area (Å²) in [5, 5.41) is 12.6. The third-order valence-electron chi connectivity index (χ3n) is 4.46. The summed E-state index contributed by atoms with van der Waals surface area (Å²) in [4.78, 5) is 14.0. The van der Waals surface area contributed by atoms with Gasteiger partial charge < -0.3 is 15.3 Å². The van der Waals surface area contributed by atoms with E-state index in [2.05, 4.69) is 40.0 Å². The maximum atomic E-state index is 11.6. The molecule has 0 bridgehead atoms. The Morgan fingerprint density at radius 3 is 2.90 bits per heavy atom. The third kappa shape index (κ3) is 2.04. The minimum Gasteiger partial charge on any atom is -0.378 e. The molecule has 2 N–H and O–H groups in total. The number of carbonyl (C=O) groups excluding carboxylic acids is 1. The van der Waals surface area contributed by atoms with Crippen LogP contribution in [0.4, 0.5) is 11.4 Å². The van der Waals surface area contributed by atoms with Crippen LogP contribution in [0.1, 0.15) is 44.8 Å². The highest BCUT2D eigenvalue weighted by atomic mass is 79.9. The molecule has 0 radical (unpaired) electrons. The van der Waals surface area contributed by atoms with Gasteiger partial charge in [0, 0.05) is 27.8 Å². The Hall–Kier alpha value is -1.07. The molecule has 1 saturated heterocycles. The van der Waals surface area contributed by atoms with Crippen molar-refractivity contribution in [3.8, 4) is 0 Å². The summed E-state index contributed by atoms with van der Waals surface area (Å²) in [5.41, 5.74) is 2.50. The summed E-state index contributed by atoms with van der Waals surface area (Å²) >= 11 is 3.60. The van der Waals surface area contributed by atoms with Crippen LogP contribution < -0.4 is 10.2 Å². The molecule has 1 amide bonds. The Morgan fingerprint density at radius 1 is 1.45 bits per heavy atom. The molecule has 3 atom stereocenters. The second-order valence-electron chi connectivity index (χ2n) is 5.68. The average molecular weight is 339 g/mol. The molecule has 4 nitrogen and oxygen atoms in total. The number of carbonyl (C=O) groups is 1. The van der Waals surface area contributed by atoms with Gasteiger partial charge >= 0.3 is 0 Å². The number of nitrogens with zero attached hydrogens (tertiary/aromatic N) is 1. The minimum atomic E-state index is -1.05. The smallest absolute Gasteiger partial charge is 0.257 e. The highest BCUT2D eigenvalue weighted by Crippen LogP contribution is 2.42. The lowest BCUT2D eigenvalue weighted by Crippen LogP contribution is -2.34. The summed E-state index contributed by atoms with van der Waals surface area (Å²) in [5.74, 6) is -0.342. The quantitative estimate of drug-likeness (QED) is 0.870. The Morgan fingerprint density at radius 2 is 2.20 bits per heavy atom. The first kappa shape index (κ1) is 13.9. The van der Waals surface area contributed by atoms with E-state index in [1.165, 1.54) is 12.8 Å². The fraction of sp³-hybridized carbons (Fsp3) is 0.533. The van der Waals surface area contributed by atoms with Gasteiger partial charge in [-0.25, -0.2) is 0 Å². The van der Waals surface area contributed by atoms with Gasteiger partial charge in [0.15, 0.2) is 6.10 Å². The zero-order chi connectivity index (χ0) is 14.4. The standard InChI is InChI=1S/C15H19BrN2O2/c1-3-9-5-4-8(2)18(9)13-7-12-10(6-11(13)16)14(19)15(20)17-12/h6-9,14,19H,3-5H2,1-2H3,(H,17,20). The summed E-state index contributed by atoms with van der Waals surface area (Å²) in [6.45, 7) is 4.45. The van der Waals surface area contributed by atoms with Gasteiger partial charge in [0.1, 0.15) is 0 Å². The maximum absolute atomic E-state index is 11.6. The van der Waals surface area contributed by atoms with Crippen molar-refractivity contribution in [1.29, 1.82) is 0 Å². The number of aliphatic hydroxyl groups is 1. The molecule has 0 saturated carbocycles. The van der Waals surface area contributed by atoms with Gasteiger partial charge in [-0.1, -0.05) is 6.92 Å². The lowest BCUT2D eigenvalue weighted by molar-refractivity contribution is -0.123. The second-order valence-corrected chi connectivity index (χ2v) is 6.53. The van der Waals surface area contributed by atoms with Gasteiger partial charge in [-0.3, -0.25) is 4.79 Å². The molecule has 1 aromatic carbocycles. The molecule has 3 rings (SSSR count). The van der Waals surface area contributed by atoms with E-state index in [9.17, 15) is 9.90 Å². The highest BCUT2D eigenvalue weighted by Gasteiger charge is 2.34. The van der Waals surface area contributed by atoms with Crippen LogP contribution >= 0.6 is 15.9 Å². The van der Waals surface area contributed by atoms with E-state index in [-0.39, 0.29) is 5.91 Å². The van der Waals surface area contributed by atoms with Crippen molar-refractivity contribution < 1.29 is 9.90 Å². The van der Waals surface area contributed by atoms with E-state index in [1.807, 2.05) is 12.1 Å². The van der Waals surface area contributed by atoms with Gasteiger partial charge in [-0.15, -0.1) is 0 Å². The number of anilines is 2. The van der Waals surface area contributed by atoms with Crippen LogP contribution in [0.25, 0.3) is 0 Å². The molecule has 0 aromatic heterocycles. The van der Waals surface area contributed by atoms with Crippen LogP contribution in [0.15, 0.2) is 16.6 Å². The number of hydrogen-bond donors (Lipinski definition) is 2. The van der Waals surface area contributed by atoms with Crippen LogP contribution in [-0.4, -0.2) is 23.1 Å². The number of rotatable bonds is 2. The van der Waals surface area contributed by atoms with Crippen LogP contribution in [0.3, 0.4) is 0 Å². The molecule has 2 aliphatic rings. The molecule has 0 spiro atoms. The first-order valence-corrected chi connectivity index (χ1v) is 7.93. The molecule has 1 aromatic rings. The van der Waals surface area contributed by atoms with E-state index in [0.717, 1.165) is 22.3 Å². The van der Waals surface area contributed by atoms with Crippen molar-refractivity contribution in [2.75, 3.05) is 10.2 Å². The molecule has 108 valence electrons. The van der Waals surface area contributed by atoms with Crippen molar-refractivity contribution in [3.05, 3.63) is 22.2 Å². The minimum absolute atomic E-state index is 0.342. The highest BCUT2D eigenvalue weighted by molar-refractivity contribution is 9.10. The molecule has 1 fully saturated rings. The van der Waals surface area contributed by atoms with E-state index >= 15 is 0 Å². The van der Waals surface area contributed by atoms with Crippen molar-refractivity contribution in [3.63, 3.8) is 0 Å². The van der Waals surface area contributed by atoms with E-state index < -0.39 is 6.10 Å². The molecule has 0 aliphatic carbocycles. The largest absolute Gasteiger partial charge is 0.378 e. The maximum Gasteiger partial charge on any atom is 0.257 e. The van der Waals surface area contributed by atoms with Gasteiger partial charge in [-0.2, -0.15) is 0 Å². The molecule has 5 heteroatoms. The topological polar surface area (TPSA) is 52.6 Å². The van der Waals surface area contributed by atoms with Crippen LogP contribution in [0.2, 0.25) is 0 Å². The zero-order valence-corrected chi connectivity index (χ0v) is 13.3. The van der Waals surface area contributed by atoms with Gasteiger partial charge in [0.05, 0.1) is 5.69 Å². The number of amides is 1. The van der Waals surface area contributed by atoms with Gasteiger partial charge in [0.2, 0.25) is 0 Å². The molecular weight excluding hydrogens is 320 g/mol. The van der Waals surface area contributed by atoms with Gasteiger partial charge in [0.25, 0.3) is 5.91 Å². The van der Waals surface area contributed by atoms with Crippen molar-refractivity contribution in [1.82, 2.24) is 0 Å². The summed E-state index contributed by atoms with van der Waals surface area (Å²) in [6.07, 6.45) is 2.46. The Kier molecular flexibility index (Phi) is 3.50. The molecule has 2 aliphatic heterocycles. The fourth-order valence-electron chi connectivity index (χ4n) is 3.36. The van der Waals surface area contributed by atoms with Crippen LogP contribution in [-0.2, 0) is 4.79 Å². The Balaban J connectivity index is 2.03. The average Bonchev–Trinajstić information content (AvgIpc) is 2.91. The first-order valence-electron chi connectivity index (χ1n) is 7.13. The summed E-state index contributed by atoms with van der Waals surface area (Å²) in [6, 6.07) is 4.89. The molecule has 3 unspecified atom stereocenters. The molecule has 20 heavy (non-hydrogen) atoms. The second kappa shape index (κ2) is 5.04. The number of benzene rings is 1. The van der Waals surface area contributed by atoms with Gasteiger partial charge in [-0.05, 0) is 54.2 Å². The monoisotopic (exact) mass is 338 g/mol. The van der Waals surface area contributed by atoms with Crippen molar-refractivity contribution in [2.24, 2.45) is 0 Å². The number of hydrogen-bond acceptors (Lipinski definition) is 3. The Labute approximate surface area is 127 Å². The van der Waals surface area contributed by atoms with Crippen LogP contribution in [0, 0.1) is 0 Å². The summed E-state index contributed by atoms with van der Waals surface area (Å²) < 4.78 is 0.944. The number of halogens is 1. The number of aliphatic hydroxyl groups excluding tert-OH is 1. The van der Waals surface area contributed by atoms with Crippen LogP contribution in [0.5, 0.6) is 0 Å². The molecular formula is C15H19BrN2O2. The summed E-state index contributed by atoms with van der Waals surface area (Å²) in [7, 11) is 0. The van der Waals surface area contributed by atoms with E-state index in [0.29, 0.717) is 17.6 Å². The zero-order valence-electron chi connectivity index (χ0n) is 11.7. The predicted molar refractivity (Wildman–Crippen MR) is 83.0 cm³/mol. The third-order valence-corrected chi connectivity index (χ3v) is 5.09. The first-order chi connectivity index (χ1) is 9.52. The predicted octanol–water partition coefficient (Wildman–Crippen LogP) is 3.20. The fourth-order valence-corrected chi connectivity index (χ4v) is 3.92. The lowest BCUT2D eigenvalue weighted by Gasteiger charge is -2.31. The lowest BCUT2D eigenvalue weighted by atomic mass is 10.1. The van der Waals surface area contributed by atoms with Crippen molar-refractivity contribution in [2.45, 2.75) is 51.3 Å². The number of fused-ring (bicyclic) bond motifs is 1. The Bertz CT molecular complexity index is 561. The van der Waals surface area contributed by atoms with E-state index in [4.69, 9.17) is 0 Å². The van der Waals surface area contributed by atoms with Crippen molar-refractivity contribution >= 4 is 33.2 Å². The van der Waals surface area contributed by atoms with E-state index in [1.54, 1.807) is 0 Å².